The second-order valence-electron chi connectivity index (χ2n) is 8.50. The molecule has 5 heteroatoms. The Hall–Kier alpha value is -2.92. The molecule has 0 N–H and O–H groups in total. The third kappa shape index (κ3) is 6.54. The number of hydrogen-bond donors (Lipinski definition) is 0. The van der Waals surface area contributed by atoms with Gasteiger partial charge in [0.1, 0.15) is 0 Å². The Morgan fingerprint density at radius 2 is 1.66 bits per heavy atom. The first-order valence-electron chi connectivity index (χ1n) is 11.8. The van der Waals surface area contributed by atoms with E-state index in [1.165, 1.54) is 12.0 Å². The van der Waals surface area contributed by atoms with E-state index in [0.717, 1.165) is 63.3 Å². The Kier molecular flexibility index (Phi) is 8.10. The Bertz CT molecular complexity index is 955. The lowest BCUT2D eigenvalue weighted by Crippen LogP contribution is -2.35. The summed E-state index contributed by atoms with van der Waals surface area (Å²) in [6.07, 6.45) is 7.12. The van der Waals surface area contributed by atoms with Crippen LogP contribution >= 0.6 is 0 Å². The SMILES string of the molecule is O=C(CCCc1ncc(-c2ccccc2)o1)N1CCCN(CCCc2ccccc2)CC1. The van der Waals surface area contributed by atoms with Crippen LogP contribution in [0.2, 0.25) is 0 Å². The van der Waals surface area contributed by atoms with Crippen LogP contribution < -0.4 is 0 Å². The van der Waals surface area contributed by atoms with Gasteiger partial charge in [0.25, 0.3) is 0 Å². The van der Waals surface area contributed by atoms with Gasteiger partial charge in [-0.05, 0) is 44.3 Å². The van der Waals surface area contributed by atoms with Crippen LogP contribution in [0.1, 0.15) is 37.1 Å². The zero-order valence-electron chi connectivity index (χ0n) is 18.8. The predicted molar refractivity (Wildman–Crippen MR) is 127 cm³/mol. The van der Waals surface area contributed by atoms with Crippen molar-refractivity contribution in [3.8, 4) is 11.3 Å². The summed E-state index contributed by atoms with van der Waals surface area (Å²) in [7, 11) is 0. The summed E-state index contributed by atoms with van der Waals surface area (Å²) in [4.78, 5) is 21.7. The van der Waals surface area contributed by atoms with Gasteiger partial charge in [-0.25, -0.2) is 4.98 Å². The Labute approximate surface area is 191 Å². The first-order chi connectivity index (χ1) is 15.8. The van der Waals surface area contributed by atoms with Crippen LogP contribution in [0, 0.1) is 0 Å². The standard InChI is InChI=1S/C27H33N3O2/c31-27(16-7-15-26-28-22-25(32-26)24-13-5-2-6-14-24)30-19-9-18-29(20-21-30)17-8-12-23-10-3-1-4-11-23/h1-6,10-11,13-14,22H,7-9,12,15-21H2. The van der Waals surface area contributed by atoms with Gasteiger partial charge >= 0.3 is 0 Å². The van der Waals surface area contributed by atoms with Crippen molar-refractivity contribution in [3.05, 3.63) is 78.3 Å². The summed E-state index contributed by atoms with van der Waals surface area (Å²) in [6.45, 7) is 4.86. The lowest BCUT2D eigenvalue weighted by molar-refractivity contribution is -0.131. The molecule has 4 rings (SSSR count). The molecule has 0 atom stereocenters. The van der Waals surface area contributed by atoms with Gasteiger partial charge in [0.2, 0.25) is 5.91 Å². The van der Waals surface area contributed by atoms with Crippen LogP contribution in [-0.2, 0) is 17.6 Å². The average Bonchev–Trinajstić information content (AvgIpc) is 3.18. The van der Waals surface area contributed by atoms with Gasteiger partial charge in [-0.1, -0.05) is 60.7 Å². The van der Waals surface area contributed by atoms with Gasteiger partial charge in [-0.3, -0.25) is 4.79 Å². The summed E-state index contributed by atoms with van der Waals surface area (Å²) in [5.41, 5.74) is 2.43. The third-order valence-electron chi connectivity index (χ3n) is 6.12. The van der Waals surface area contributed by atoms with Crippen LogP contribution in [0.3, 0.4) is 0 Å². The number of aryl methyl sites for hydroxylation is 2. The molecular formula is C27H33N3O2. The smallest absolute Gasteiger partial charge is 0.222 e. The largest absolute Gasteiger partial charge is 0.441 e. The number of carbonyl (C=O) groups excluding carboxylic acids is 1. The van der Waals surface area contributed by atoms with E-state index in [9.17, 15) is 4.79 Å². The van der Waals surface area contributed by atoms with Crippen molar-refractivity contribution >= 4 is 5.91 Å². The Morgan fingerprint density at radius 3 is 2.47 bits per heavy atom. The number of nitrogens with zero attached hydrogens (tertiary/aromatic N) is 3. The summed E-state index contributed by atoms with van der Waals surface area (Å²) in [6, 6.07) is 20.7. The molecule has 1 aliphatic heterocycles. The number of aromatic nitrogens is 1. The fourth-order valence-electron chi connectivity index (χ4n) is 4.31. The number of amides is 1. The molecule has 0 radical (unpaired) electrons. The van der Waals surface area contributed by atoms with Crippen LogP contribution in [0.4, 0.5) is 0 Å². The molecule has 2 heterocycles. The molecule has 2 aromatic carbocycles. The fourth-order valence-corrected chi connectivity index (χ4v) is 4.31. The minimum Gasteiger partial charge on any atom is -0.441 e. The molecule has 1 aromatic heterocycles. The maximum atomic E-state index is 12.7. The summed E-state index contributed by atoms with van der Waals surface area (Å²) in [5.74, 6) is 1.75. The van der Waals surface area contributed by atoms with Crippen molar-refractivity contribution in [1.82, 2.24) is 14.8 Å². The summed E-state index contributed by atoms with van der Waals surface area (Å²) in [5, 5.41) is 0. The molecule has 1 aliphatic rings. The van der Waals surface area contributed by atoms with E-state index in [2.05, 4.69) is 40.2 Å². The first-order valence-corrected chi connectivity index (χ1v) is 11.8. The fraction of sp³-hybridized carbons (Fsp3) is 0.407. The predicted octanol–water partition coefficient (Wildman–Crippen LogP) is 4.83. The summed E-state index contributed by atoms with van der Waals surface area (Å²) >= 11 is 0. The first kappa shape index (κ1) is 22.3. The second-order valence-corrected chi connectivity index (χ2v) is 8.50. The van der Waals surface area contributed by atoms with Crippen LogP contribution in [0.5, 0.6) is 0 Å². The monoisotopic (exact) mass is 431 g/mol. The maximum absolute atomic E-state index is 12.7. The molecule has 1 fully saturated rings. The highest BCUT2D eigenvalue weighted by atomic mass is 16.4. The topological polar surface area (TPSA) is 49.6 Å². The van der Waals surface area contributed by atoms with Crippen molar-refractivity contribution in [2.45, 2.75) is 38.5 Å². The van der Waals surface area contributed by atoms with Gasteiger partial charge in [-0.2, -0.15) is 0 Å². The Balaban J connectivity index is 1.15. The lowest BCUT2D eigenvalue weighted by Gasteiger charge is -2.22. The van der Waals surface area contributed by atoms with E-state index in [0.29, 0.717) is 18.7 Å². The highest BCUT2D eigenvalue weighted by molar-refractivity contribution is 5.76. The number of hydrogen-bond acceptors (Lipinski definition) is 4. The molecule has 168 valence electrons. The van der Waals surface area contributed by atoms with Gasteiger partial charge in [0.15, 0.2) is 11.7 Å². The number of oxazole rings is 1. The van der Waals surface area contributed by atoms with Crippen LogP contribution in [0.15, 0.2) is 71.3 Å². The summed E-state index contributed by atoms with van der Waals surface area (Å²) < 4.78 is 5.86. The van der Waals surface area contributed by atoms with Gasteiger partial charge < -0.3 is 14.2 Å². The molecule has 0 bridgehead atoms. The van der Waals surface area contributed by atoms with Crippen LogP contribution in [0.25, 0.3) is 11.3 Å². The van der Waals surface area contributed by atoms with Crippen LogP contribution in [-0.4, -0.2) is 53.4 Å². The zero-order chi connectivity index (χ0) is 22.0. The average molecular weight is 432 g/mol. The number of rotatable bonds is 9. The molecule has 5 nitrogen and oxygen atoms in total. The molecule has 1 amide bonds. The quantitative estimate of drug-likeness (QED) is 0.487. The second kappa shape index (κ2) is 11.6. The normalized spacial score (nSPS) is 14.9. The molecule has 3 aromatic rings. The van der Waals surface area contributed by atoms with E-state index in [1.807, 2.05) is 35.2 Å². The molecule has 32 heavy (non-hydrogen) atoms. The van der Waals surface area contributed by atoms with Gasteiger partial charge in [-0.15, -0.1) is 0 Å². The third-order valence-corrected chi connectivity index (χ3v) is 6.12. The van der Waals surface area contributed by atoms with E-state index in [-0.39, 0.29) is 5.91 Å². The number of carbonyl (C=O) groups is 1. The van der Waals surface area contributed by atoms with Crippen molar-refractivity contribution < 1.29 is 9.21 Å². The lowest BCUT2D eigenvalue weighted by atomic mass is 10.1. The van der Waals surface area contributed by atoms with Crippen molar-refractivity contribution in [3.63, 3.8) is 0 Å². The molecule has 0 spiro atoms. The minimum atomic E-state index is 0.256. The van der Waals surface area contributed by atoms with E-state index in [1.54, 1.807) is 6.20 Å². The molecule has 0 saturated carbocycles. The van der Waals surface area contributed by atoms with E-state index >= 15 is 0 Å². The van der Waals surface area contributed by atoms with Crippen molar-refractivity contribution in [2.24, 2.45) is 0 Å². The Morgan fingerprint density at radius 1 is 0.875 bits per heavy atom. The number of benzene rings is 2. The molecule has 0 aliphatic carbocycles. The molecular weight excluding hydrogens is 398 g/mol. The molecule has 0 unspecified atom stereocenters. The van der Waals surface area contributed by atoms with E-state index < -0.39 is 0 Å². The zero-order valence-corrected chi connectivity index (χ0v) is 18.8. The molecule has 1 saturated heterocycles. The maximum Gasteiger partial charge on any atom is 0.222 e. The van der Waals surface area contributed by atoms with E-state index in [4.69, 9.17) is 4.42 Å². The van der Waals surface area contributed by atoms with Crippen molar-refractivity contribution in [2.75, 3.05) is 32.7 Å². The minimum absolute atomic E-state index is 0.256. The highest BCUT2D eigenvalue weighted by Gasteiger charge is 2.19. The van der Waals surface area contributed by atoms with Gasteiger partial charge in [0, 0.05) is 38.0 Å². The van der Waals surface area contributed by atoms with Crippen molar-refractivity contribution in [1.29, 1.82) is 0 Å². The highest BCUT2D eigenvalue weighted by Crippen LogP contribution is 2.20. The van der Waals surface area contributed by atoms with Gasteiger partial charge in [0.05, 0.1) is 6.20 Å².